The first kappa shape index (κ1) is 23.7. The van der Waals surface area contributed by atoms with Crippen molar-refractivity contribution in [3.05, 3.63) is 24.3 Å². The van der Waals surface area contributed by atoms with Crippen molar-refractivity contribution in [2.24, 2.45) is 5.92 Å². The number of nitrogens with zero attached hydrogens (tertiary/aromatic N) is 1. The number of ether oxygens (including phenoxy) is 2. The maximum Gasteiger partial charge on any atom is 0.256 e. The van der Waals surface area contributed by atoms with E-state index in [2.05, 4.69) is 24.1 Å². The van der Waals surface area contributed by atoms with Crippen LogP contribution in [0.25, 0.3) is 0 Å². The molecule has 0 radical (unpaired) electrons. The highest BCUT2D eigenvalue weighted by atomic mass is 16.5. The second-order valence-electron chi connectivity index (χ2n) is 8.50. The minimum absolute atomic E-state index is 0.0859. The molecule has 0 aromatic heterocycles. The van der Waals surface area contributed by atoms with E-state index in [1.807, 2.05) is 38.1 Å². The Hall–Kier alpha value is -1.59. The number of amides is 1. The van der Waals surface area contributed by atoms with Crippen molar-refractivity contribution < 1.29 is 14.3 Å². The van der Waals surface area contributed by atoms with Gasteiger partial charge in [-0.25, -0.2) is 0 Å². The Balaban J connectivity index is 1.76. The lowest BCUT2D eigenvalue weighted by molar-refractivity contribution is -0.139. The fraction of sp³-hybridized carbons (Fsp3) is 0.708. The van der Waals surface area contributed by atoms with Crippen LogP contribution >= 0.6 is 0 Å². The van der Waals surface area contributed by atoms with Crippen LogP contribution in [0, 0.1) is 5.92 Å². The number of likely N-dealkylation sites (tertiary alicyclic amines) is 1. The van der Waals surface area contributed by atoms with Crippen LogP contribution in [0.3, 0.4) is 0 Å². The number of anilines is 1. The van der Waals surface area contributed by atoms with E-state index in [1.165, 1.54) is 25.9 Å². The van der Waals surface area contributed by atoms with Crippen LogP contribution in [0.15, 0.2) is 24.3 Å². The monoisotopic (exact) mass is 404 g/mol. The summed E-state index contributed by atoms with van der Waals surface area (Å²) in [4.78, 5) is 15.3. The quantitative estimate of drug-likeness (QED) is 0.492. The molecule has 5 heteroatoms. The number of carbonyl (C=O) groups excluding carboxylic acids is 1. The summed E-state index contributed by atoms with van der Waals surface area (Å²) in [5, 5.41) is 2.99. The minimum Gasteiger partial charge on any atom is -0.494 e. The van der Waals surface area contributed by atoms with Crippen LogP contribution in [0.2, 0.25) is 0 Å². The summed E-state index contributed by atoms with van der Waals surface area (Å²) >= 11 is 0. The van der Waals surface area contributed by atoms with Gasteiger partial charge >= 0.3 is 0 Å². The molecule has 1 aromatic carbocycles. The first-order chi connectivity index (χ1) is 14.0. The SMILES string of the molecule is CCCC[C@](C)(OCC)C(=O)Nc1ccc(OCCCN2CCC[C@H](C)C2)cc1. The van der Waals surface area contributed by atoms with Crippen LogP contribution in [-0.2, 0) is 9.53 Å². The smallest absolute Gasteiger partial charge is 0.256 e. The molecular formula is C24H40N2O3. The minimum atomic E-state index is -0.786. The molecule has 5 nitrogen and oxygen atoms in total. The zero-order valence-electron chi connectivity index (χ0n) is 18.8. The molecular weight excluding hydrogens is 364 g/mol. The fourth-order valence-corrected chi connectivity index (χ4v) is 3.95. The van der Waals surface area contributed by atoms with Gasteiger partial charge in [0.1, 0.15) is 11.4 Å². The van der Waals surface area contributed by atoms with Gasteiger partial charge in [-0.15, -0.1) is 0 Å². The summed E-state index contributed by atoms with van der Waals surface area (Å²) in [6.07, 6.45) is 6.44. The van der Waals surface area contributed by atoms with Gasteiger partial charge in [0.15, 0.2) is 0 Å². The van der Waals surface area contributed by atoms with Crippen LogP contribution in [0.4, 0.5) is 5.69 Å². The average molecular weight is 405 g/mol. The summed E-state index contributed by atoms with van der Waals surface area (Å²) in [7, 11) is 0. The van der Waals surface area contributed by atoms with E-state index in [9.17, 15) is 4.79 Å². The van der Waals surface area contributed by atoms with Crippen LogP contribution in [0.1, 0.15) is 66.2 Å². The molecule has 164 valence electrons. The van der Waals surface area contributed by atoms with Gasteiger partial charge in [0, 0.05) is 25.4 Å². The number of hydrogen-bond acceptors (Lipinski definition) is 4. The second kappa shape index (κ2) is 12.2. The third-order valence-corrected chi connectivity index (χ3v) is 5.69. The molecule has 1 saturated heterocycles. The van der Waals surface area contributed by atoms with Crippen LogP contribution in [0.5, 0.6) is 5.75 Å². The molecule has 0 spiro atoms. The van der Waals surface area contributed by atoms with Gasteiger partial charge in [-0.3, -0.25) is 4.79 Å². The highest BCUT2D eigenvalue weighted by Gasteiger charge is 2.33. The number of benzene rings is 1. The lowest BCUT2D eigenvalue weighted by Gasteiger charge is -2.30. The molecule has 1 amide bonds. The van der Waals surface area contributed by atoms with Crippen molar-refractivity contribution in [2.45, 2.75) is 71.8 Å². The van der Waals surface area contributed by atoms with Gasteiger partial charge in [-0.2, -0.15) is 0 Å². The maximum absolute atomic E-state index is 12.7. The number of piperidine rings is 1. The van der Waals surface area contributed by atoms with Crippen molar-refractivity contribution in [3.63, 3.8) is 0 Å². The number of rotatable bonds is 12. The molecule has 1 aliphatic rings. The van der Waals surface area contributed by atoms with E-state index in [1.54, 1.807) is 0 Å². The molecule has 1 aromatic rings. The molecule has 1 fully saturated rings. The summed E-state index contributed by atoms with van der Waals surface area (Å²) < 4.78 is 11.6. The molecule has 0 saturated carbocycles. The number of carbonyl (C=O) groups is 1. The predicted octanol–water partition coefficient (Wildman–Crippen LogP) is 5.11. The summed E-state index contributed by atoms with van der Waals surface area (Å²) in [6.45, 7) is 13.0. The van der Waals surface area contributed by atoms with Gasteiger partial charge in [0.2, 0.25) is 0 Å². The van der Waals surface area contributed by atoms with E-state index in [0.717, 1.165) is 56.2 Å². The van der Waals surface area contributed by atoms with Crippen molar-refractivity contribution in [1.82, 2.24) is 4.90 Å². The van der Waals surface area contributed by atoms with Crippen molar-refractivity contribution in [3.8, 4) is 5.75 Å². The standard InChI is InChI=1S/C24H40N2O3/c1-5-7-15-24(4,29-6-2)23(27)25-21-11-13-22(14-12-21)28-18-9-17-26-16-8-10-20(3)19-26/h11-14,20H,5-10,15-19H2,1-4H3,(H,25,27)/t20-,24-/m0/s1. The number of unbranched alkanes of at least 4 members (excludes halogenated alkanes) is 1. The molecule has 0 unspecified atom stereocenters. The third-order valence-electron chi connectivity index (χ3n) is 5.69. The first-order valence-corrected chi connectivity index (χ1v) is 11.4. The van der Waals surface area contributed by atoms with Gasteiger partial charge in [0.25, 0.3) is 5.91 Å². The Morgan fingerprint density at radius 2 is 2.00 bits per heavy atom. The lowest BCUT2D eigenvalue weighted by atomic mass is 9.97. The Morgan fingerprint density at radius 3 is 2.66 bits per heavy atom. The second-order valence-corrected chi connectivity index (χ2v) is 8.50. The van der Waals surface area contributed by atoms with E-state index in [0.29, 0.717) is 6.61 Å². The molecule has 29 heavy (non-hydrogen) atoms. The summed E-state index contributed by atoms with van der Waals surface area (Å²) in [5.41, 5.74) is -0.0154. The fourth-order valence-electron chi connectivity index (χ4n) is 3.95. The molecule has 0 bridgehead atoms. The van der Waals surface area contributed by atoms with E-state index in [4.69, 9.17) is 9.47 Å². The molecule has 0 aliphatic carbocycles. The van der Waals surface area contributed by atoms with Crippen LogP contribution in [-0.4, -0.2) is 49.3 Å². The summed E-state index contributed by atoms with van der Waals surface area (Å²) in [5.74, 6) is 1.57. The van der Waals surface area contributed by atoms with Crippen molar-refractivity contribution in [2.75, 3.05) is 38.2 Å². The Morgan fingerprint density at radius 1 is 1.24 bits per heavy atom. The zero-order chi connectivity index (χ0) is 21.1. The molecule has 1 N–H and O–H groups in total. The van der Waals surface area contributed by atoms with Gasteiger partial charge in [-0.1, -0.05) is 26.7 Å². The normalized spacial score (nSPS) is 19.5. The van der Waals surface area contributed by atoms with Gasteiger partial charge < -0.3 is 19.7 Å². The predicted molar refractivity (Wildman–Crippen MR) is 120 cm³/mol. The largest absolute Gasteiger partial charge is 0.494 e. The summed E-state index contributed by atoms with van der Waals surface area (Å²) in [6, 6.07) is 7.63. The van der Waals surface area contributed by atoms with Crippen molar-refractivity contribution >= 4 is 11.6 Å². The van der Waals surface area contributed by atoms with Crippen molar-refractivity contribution in [1.29, 1.82) is 0 Å². The Bertz CT molecular complexity index is 605. The van der Waals surface area contributed by atoms with E-state index >= 15 is 0 Å². The third kappa shape index (κ3) is 7.98. The number of nitrogens with one attached hydrogen (secondary N) is 1. The molecule has 1 heterocycles. The van der Waals surface area contributed by atoms with Crippen LogP contribution < -0.4 is 10.1 Å². The molecule has 2 atom stereocenters. The molecule has 2 rings (SSSR count). The highest BCUT2D eigenvalue weighted by molar-refractivity contribution is 5.97. The van der Waals surface area contributed by atoms with E-state index < -0.39 is 5.60 Å². The number of hydrogen-bond donors (Lipinski definition) is 1. The Kier molecular flexibility index (Phi) is 9.95. The maximum atomic E-state index is 12.7. The molecule has 1 aliphatic heterocycles. The van der Waals surface area contributed by atoms with Gasteiger partial charge in [0.05, 0.1) is 6.61 Å². The average Bonchev–Trinajstić information content (AvgIpc) is 2.71. The highest BCUT2D eigenvalue weighted by Crippen LogP contribution is 2.23. The van der Waals surface area contributed by atoms with E-state index in [-0.39, 0.29) is 5.91 Å². The first-order valence-electron chi connectivity index (χ1n) is 11.4. The lowest BCUT2D eigenvalue weighted by Crippen LogP contribution is -2.42. The van der Waals surface area contributed by atoms with Gasteiger partial charge in [-0.05, 0) is 76.3 Å². The Labute approximate surface area is 177 Å². The zero-order valence-corrected chi connectivity index (χ0v) is 18.8. The topological polar surface area (TPSA) is 50.8 Å².